The summed E-state index contributed by atoms with van der Waals surface area (Å²) in [4.78, 5) is 17.0. The van der Waals surface area contributed by atoms with Crippen LogP contribution in [0, 0.1) is 0 Å². The molecule has 0 saturated carbocycles. The van der Waals surface area contributed by atoms with E-state index in [1.807, 2.05) is 54.6 Å². The average molecular weight is 371 g/mol. The number of nitrogens with two attached hydrogens (primary N) is 1. The van der Waals surface area contributed by atoms with Gasteiger partial charge in [-0.25, -0.2) is 4.98 Å². The normalized spacial score (nSPS) is 10.9. The number of aryl methyl sites for hydroxylation is 2. The Morgan fingerprint density at radius 2 is 1.71 bits per heavy atom. The molecule has 5 heteroatoms. The smallest absolute Gasteiger partial charge is 0.255 e. The number of nitrogen functional groups attached to an aromatic ring is 1. The van der Waals surface area contributed by atoms with Gasteiger partial charge in [-0.05, 0) is 42.2 Å². The maximum absolute atomic E-state index is 12.5. The lowest BCUT2D eigenvalue weighted by molar-refractivity contribution is 0.582. The van der Waals surface area contributed by atoms with Crippen molar-refractivity contribution in [1.82, 2.24) is 9.55 Å². The molecule has 0 saturated heterocycles. The Morgan fingerprint density at radius 1 is 0.893 bits per heavy atom. The first-order valence-corrected chi connectivity index (χ1v) is 9.22. The number of benzene rings is 2. The summed E-state index contributed by atoms with van der Waals surface area (Å²) in [5.41, 5.74) is 9.85. The van der Waals surface area contributed by atoms with Crippen LogP contribution < -0.4 is 11.3 Å². The maximum Gasteiger partial charge on any atom is 0.255 e. The second-order valence-corrected chi connectivity index (χ2v) is 6.69. The van der Waals surface area contributed by atoms with E-state index in [2.05, 4.69) is 17.1 Å². The Morgan fingerprint density at radius 3 is 2.46 bits per heavy atom. The highest BCUT2D eigenvalue weighted by Gasteiger charge is 2.08. The van der Waals surface area contributed by atoms with Gasteiger partial charge in [0.2, 0.25) is 5.95 Å². The molecule has 0 aliphatic heterocycles. The van der Waals surface area contributed by atoms with E-state index in [-0.39, 0.29) is 11.5 Å². The summed E-state index contributed by atoms with van der Waals surface area (Å²) >= 11 is 0. The molecule has 2 heterocycles. The second-order valence-electron chi connectivity index (χ2n) is 6.69. The van der Waals surface area contributed by atoms with E-state index in [1.54, 1.807) is 12.3 Å². The van der Waals surface area contributed by atoms with E-state index in [0.29, 0.717) is 18.7 Å². The molecule has 0 unspecified atom stereocenters. The fraction of sp³-hybridized carbons (Fsp3) is 0.130. The van der Waals surface area contributed by atoms with E-state index in [4.69, 9.17) is 10.2 Å². The van der Waals surface area contributed by atoms with Crippen LogP contribution in [0.1, 0.15) is 16.8 Å². The van der Waals surface area contributed by atoms with Crippen LogP contribution in [0.5, 0.6) is 0 Å². The first-order valence-electron chi connectivity index (χ1n) is 9.22. The molecule has 0 fully saturated rings. The monoisotopic (exact) mass is 371 g/mol. The predicted molar refractivity (Wildman–Crippen MR) is 110 cm³/mol. The highest BCUT2D eigenvalue weighted by atomic mass is 16.3. The zero-order valence-corrected chi connectivity index (χ0v) is 15.4. The number of rotatable bonds is 6. The lowest BCUT2D eigenvalue weighted by atomic mass is 10.0. The van der Waals surface area contributed by atoms with Crippen molar-refractivity contribution in [3.63, 3.8) is 0 Å². The number of anilines is 1. The van der Waals surface area contributed by atoms with E-state index in [0.717, 1.165) is 28.9 Å². The molecule has 0 spiro atoms. The Balaban J connectivity index is 1.49. The van der Waals surface area contributed by atoms with Crippen molar-refractivity contribution in [3.05, 3.63) is 106 Å². The van der Waals surface area contributed by atoms with Crippen molar-refractivity contribution in [3.8, 4) is 11.3 Å². The molecule has 2 N–H and O–H groups in total. The van der Waals surface area contributed by atoms with Gasteiger partial charge < -0.3 is 10.2 Å². The molecular weight excluding hydrogens is 350 g/mol. The highest BCUT2D eigenvalue weighted by Crippen LogP contribution is 2.21. The minimum Gasteiger partial charge on any atom is -0.464 e. The molecule has 0 amide bonds. The van der Waals surface area contributed by atoms with Crippen molar-refractivity contribution in [2.75, 3.05) is 5.73 Å². The number of hydrogen-bond donors (Lipinski definition) is 1. The van der Waals surface area contributed by atoms with Gasteiger partial charge in [-0.2, -0.15) is 0 Å². The van der Waals surface area contributed by atoms with Gasteiger partial charge >= 0.3 is 0 Å². The van der Waals surface area contributed by atoms with E-state index in [9.17, 15) is 4.79 Å². The number of nitrogens with zero attached hydrogens (tertiary/aromatic N) is 2. The third-order valence-corrected chi connectivity index (χ3v) is 4.68. The largest absolute Gasteiger partial charge is 0.464 e. The number of aromatic nitrogens is 2. The van der Waals surface area contributed by atoms with Crippen LogP contribution in [0.25, 0.3) is 11.3 Å². The highest BCUT2D eigenvalue weighted by molar-refractivity contribution is 5.58. The summed E-state index contributed by atoms with van der Waals surface area (Å²) in [6.45, 7) is 0.421. The molecule has 0 atom stereocenters. The van der Waals surface area contributed by atoms with Gasteiger partial charge in [0, 0.05) is 11.6 Å². The summed E-state index contributed by atoms with van der Waals surface area (Å²) in [6.07, 6.45) is 3.08. The van der Waals surface area contributed by atoms with Crippen LogP contribution in [0.2, 0.25) is 0 Å². The minimum absolute atomic E-state index is 0.129. The lowest BCUT2D eigenvalue weighted by Gasteiger charge is -2.10. The van der Waals surface area contributed by atoms with E-state index >= 15 is 0 Å². The molecule has 0 aliphatic carbocycles. The summed E-state index contributed by atoms with van der Waals surface area (Å²) in [7, 11) is 0. The fourth-order valence-electron chi connectivity index (χ4n) is 3.22. The average Bonchev–Trinajstić information content (AvgIpc) is 3.25. The Hall–Kier alpha value is -3.60. The first kappa shape index (κ1) is 17.8. The third-order valence-electron chi connectivity index (χ3n) is 4.68. The molecule has 0 aliphatic rings. The van der Waals surface area contributed by atoms with Crippen molar-refractivity contribution >= 4 is 5.95 Å². The van der Waals surface area contributed by atoms with Crippen LogP contribution in [-0.4, -0.2) is 9.55 Å². The van der Waals surface area contributed by atoms with Crippen LogP contribution in [-0.2, 0) is 19.4 Å². The Kier molecular flexibility index (Phi) is 5.06. The fourth-order valence-corrected chi connectivity index (χ4v) is 3.22. The van der Waals surface area contributed by atoms with Crippen molar-refractivity contribution in [1.29, 1.82) is 0 Å². The van der Waals surface area contributed by atoms with Crippen LogP contribution in [0.3, 0.4) is 0 Å². The number of furan rings is 1. The Bertz CT molecular complexity index is 1120. The van der Waals surface area contributed by atoms with Gasteiger partial charge in [0.05, 0.1) is 18.5 Å². The molecule has 5 nitrogen and oxygen atoms in total. The first-order chi connectivity index (χ1) is 13.7. The summed E-state index contributed by atoms with van der Waals surface area (Å²) in [5, 5.41) is 0. The standard InChI is InChI=1S/C23H21N3O2/c24-23-25-20(15-22(27)26(23)16-18-6-2-1-3-7-18)12-11-17-8-4-9-19(14-17)21-10-5-13-28-21/h1-10,13-15H,11-12,16H2,(H2,24,25). The molecule has 140 valence electrons. The van der Waals surface area contributed by atoms with Gasteiger partial charge in [0.1, 0.15) is 5.76 Å². The van der Waals surface area contributed by atoms with Crippen molar-refractivity contribution in [2.45, 2.75) is 19.4 Å². The maximum atomic E-state index is 12.5. The third kappa shape index (κ3) is 4.04. The SMILES string of the molecule is Nc1nc(CCc2cccc(-c3ccco3)c2)cc(=O)n1Cc1ccccc1. The van der Waals surface area contributed by atoms with Crippen molar-refractivity contribution in [2.24, 2.45) is 0 Å². The Labute approximate surface area is 163 Å². The predicted octanol–water partition coefficient (Wildman–Crippen LogP) is 3.92. The lowest BCUT2D eigenvalue weighted by Crippen LogP contribution is -2.25. The molecule has 28 heavy (non-hydrogen) atoms. The molecule has 4 rings (SSSR count). The second kappa shape index (κ2) is 7.96. The zero-order chi connectivity index (χ0) is 19.3. The topological polar surface area (TPSA) is 74.1 Å². The molecule has 0 bridgehead atoms. The van der Waals surface area contributed by atoms with Gasteiger partial charge in [-0.1, -0.05) is 48.5 Å². The quantitative estimate of drug-likeness (QED) is 0.557. The van der Waals surface area contributed by atoms with Crippen LogP contribution in [0.15, 0.2) is 88.3 Å². The van der Waals surface area contributed by atoms with Gasteiger partial charge in [0.15, 0.2) is 0 Å². The molecule has 4 aromatic rings. The van der Waals surface area contributed by atoms with E-state index in [1.165, 1.54) is 4.57 Å². The van der Waals surface area contributed by atoms with Gasteiger partial charge in [-0.15, -0.1) is 0 Å². The van der Waals surface area contributed by atoms with Gasteiger partial charge in [-0.3, -0.25) is 9.36 Å². The zero-order valence-electron chi connectivity index (χ0n) is 15.4. The molecular formula is C23H21N3O2. The summed E-state index contributed by atoms with van der Waals surface area (Å²) in [5.74, 6) is 1.09. The van der Waals surface area contributed by atoms with Crippen molar-refractivity contribution < 1.29 is 4.42 Å². The minimum atomic E-state index is -0.129. The van der Waals surface area contributed by atoms with Gasteiger partial charge in [0.25, 0.3) is 5.56 Å². The van der Waals surface area contributed by atoms with Crippen LogP contribution in [0.4, 0.5) is 5.95 Å². The molecule has 0 radical (unpaired) electrons. The molecule has 2 aromatic carbocycles. The summed E-state index contributed by atoms with van der Waals surface area (Å²) < 4.78 is 6.95. The number of hydrogen-bond acceptors (Lipinski definition) is 4. The van der Waals surface area contributed by atoms with Crippen LogP contribution >= 0.6 is 0 Å². The molecule has 2 aromatic heterocycles. The van der Waals surface area contributed by atoms with E-state index < -0.39 is 0 Å². The summed E-state index contributed by atoms with van der Waals surface area (Å²) in [6, 6.07) is 23.3.